The van der Waals surface area contributed by atoms with Gasteiger partial charge in [-0.2, -0.15) is 0 Å². The van der Waals surface area contributed by atoms with E-state index in [1.54, 1.807) is 0 Å². The van der Waals surface area contributed by atoms with Crippen molar-refractivity contribution in [3.8, 4) is 0 Å². The Morgan fingerprint density at radius 2 is 2.05 bits per heavy atom. The number of amides is 1. The van der Waals surface area contributed by atoms with Crippen molar-refractivity contribution in [3.63, 3.8) is 0 Å². The Labute approximate surface area is 125 Å². The van der Waals surface area contributed by atoms with Gasteiger partial charge < -0.3 is 15.5 Å². The summed E-state index contributed by atoms with van der Waals surface area (Å²) in [5.74, 6) is 1.44. The third kappa shape index (κ3) is 3.41. The van der Waals surface area contributed by atoms with Gasteiger partial charge in [-0.3, -0.25) is 4.79 Å². The summed E-state index contributed by atoms with van der Waals surface area (Å²) in [6.45, 7) is 3.59. The van der Waals surface area contributed by atoms with Crippen LogP contribution >= 0.6 is 12.4 Å². The van der Waals surface area contributed by atoms with Crippen LogP contribution in [0.1, 0.15) is 12.8 Å². The van der Waals surface area contributed by atoms with E-state index in [1.165, 1.54) is 0 Å². The average molecular weight is 297 g/mol. The van der Waals surface area contributed by atoms with Crippen LogP contribution in [0.3, 0.4) is 0 Å². The van der Waals surface area contributed by atoms with Crippen LogP contribution in [0.4, 0.5) is 5.82 Å². The molecule has 2 N–H and O–H groups in total. The predicted molar refractivity (Wildman–Crippen MR) is 81.2 cm³/mol. The van der Waals surface area contributed by atoms with Gasteiger partial charge in [0.25, 0.3) is 0 Å². The maximum absolute atomic E-state index is 11.9. The van der Waals surface area contributed by atoms with Gasteiger partial charge in [0.1, 0.15) is 5.82 Å². The molecule has 2 fully saturated rings. The molecule has 0 aliphatic carbocycles. The summed E-state index contributed by atoms with van der Waals surface area (Å²) in [5.41, 5.74) is 0. The molecule has 2 aliphatic heterocycles. The number of carbonyl (C=O) groups excluding carboxylic acids is 1. The van der Waals surface area contributed by atoms with Crippen LogP contribution in [-0.2, 0) is 4.79 Å². The highest BCUT2D eigenvalue weighted by molar-refractivity contribution is 5.85. The number of nitrogens with one attached hydrogen (secondary N) is 2. The number of anilines is 1. The number of hydrogen-bond donors (Lipinski definition) is 2. The second-order valence-corrected chi connectivity index (χ2v) is 5.31. The summed E-state index contributed by atoms with van der Waals surface area (Å²) in [7, 11) is 0. The van der Waals surface area contributed by atoms with Crippen LogP contribution < -0.4 is 15.5 Å². The first-order valence-electron chi connectivity index (χ1n) is 7.00. The Morgan fingerprint density at radius 3 is 2.60 bits per heavy atom. The van der Waals surface area contributed by atoms with Crippen LogP contribution in [0.2, 0.25) is 0 Å². The lowest BCUT2D eigenvalue weighted by atomic mass is 9.99. The van der Waals surface area contributed by atoms with E-state index in [-0.39, 0.29) is 24.2 Å². The highest BCUT2D eigenvalue weighted by Crippen LogP contribution is 2.17. The van der Waals surface area contributed by atoms with E-state index in [0.717, 1.165) is 44.8 Å². The minimum Gasteiger partial charge on any atom is -0.356 e. The summed E-state index contributed by atoms with van der Waals surface area (Å²) in [6.07, 6.45) is 3.83. The minimum absolute atomic E-state index is 0. The van der Waals surface area contributed by atoms with Crippen LogP contribution in [0.5, 0.6) is 0 Å². The molecule has 20 heavy (non-hydrogen) atoms. The Kier molecular flexibility index (Phi) is 5.20. The van der Waals surface area contributed by atoms with E-state index >= 15 is 0 Å². The zero-order valence-electron chi connectivity index (χ0n) is 11.4. The smallest absolute Gasteiger partial charge is 0.225 e. The van der Waals surface area contributed by atoms with Crippen LogP contribution in [0.15, 0.2) is 24.4 Å². The lowest BCUT2D eigenvalue weighted by Gasteiger charge is -2.35. The van der Waals surface area contributed by atoms with Gasteiger partial charge in [0.2, 0.25) is 5.91 Å². The lowest BCUT2D eigenvalue weighted by Crippen LogP contribution is -2.54. The molecule has 0 radical (unpaired) electrons. The fourth-order valence-electron chi connectivity index (χ4n) is 2.59. The Morgan fingerprint density at radius 1 is 1.30 bits per heavy atom. The molecule has 0 saturated carbocycles. The molecule has 5 nitrogen and oxygen atoms in total. The SMILES string of the molecule is Cl.O=C(NC1CCN(c2ccccn2)CC1)C1CNC1. The van der Waals surface area contributed by atoms with Crippen molar-refractivity contribution in [1.82, 2.24) is 15.6 Å². The van der Waals surface area contributed by atoms with Gasteiger partial charge in [0.05, 0.1) is 5.92 Å². The molecule has 1 amide bonds. The molecular weight excluding hydrogens is 276 g/mol. The second-order valence-electron chi connectivity index (χ2n) is 5.31. The fraction of sp³-hybridized carbons (Fsp3) is 0.571. The molecule has 0 bridgehead atoms. The molecule has 0 unspecified atom stereocenters. The van der Waals surface area contributed by atoms with E-state index in [0.29, 0.717) is 6.04 Å². The number of halogens is 1. The average Bonchev–Trinajstić information content (AvgIpc) is 2.38. The summed E-state index contributed by atoms with van der Waals surface area (Å²) in [6, 6.07) is 6.31. The van der Waals surface area contributed by atoms with Gasteiger partial charge >= 0.3 is 0 Å². The number of aromatic nitrogens is 1. The van der Waals surface area contributed by atoms with Gasteiger partial charge in [-0.05, 0) is 25.0 Å². The first-order chi connectivity index (χ1) is 9.33. The molecule has 6 heteroatoms. The van der Waals surface area contributed by atoms with Crippen molar-refractivity contribution in [1.29, 1.82) is 0 Å². The van der Waals surface area contributed by atoms with Crippen molar-refractivity contribution < 1.29 is 4.79 Å². The van der Waals surface area contributed by atoms with Gasteiger partial charge in [0, 0.05) is 38.4 Å². The predicted octanol–water partition coefficient (Wildman–Crippen LogP) is 0.808. The van der Waals surface area contributed by atoms with E-state index in [2.05, 4.69) is 20.5 Å². The van der Waals surface area contributed by atoms with E-state index in [9.17, 15) is 4.79 Å². The molecule has 2 saturated heterocycles. The normalized spacial score (nSPS) is 19.9. The minimum atomic E-state index is 0. The van der Waals surface area contributed by atoms with Crippen LogP contribution in [0.25, 0.3) is 0 Å². The molecule has 3 rings (SSSR count). The van der Waals surface area contributed by atoms with Crippen molar-refractivity contribution in [2.75, 3.05) is 31.1 Å². The van der Waals surface area contributed by atoms with Gasteiger partial charge in [-0.15, -0.1) is 12.4 Å². The van der Waals surface area contributed by atoms with Gasteiger partial charge in [-0.1, -0.05) is 6.07 Å². The number of pyridine rings is 1. The molecule has 0 atom stereocenters. The molecule has 3 heterocycles. The molecule has 0 spiro atoms. The Balaban J connectivity index is 0.00000147. The first kappa shape index (κ1) is 15.1. The fourth-order valence-corrected chi connectivity index (χ4v) is 2.59. The first-order valence-corrected chi connectivity index (χ1v) is 7.00. The Bertz CT molecular complexity index is 430. The van der Waals surface area contributed by atoms with E-state index in [1.807, 2.05) is 24.4 Å². The summed E-state index contributed by atoms with van der Waals surface area (Å²) in [4.78, 5) is 18.5. The molecular formula is C14H21ClN4O. The molecule has 0 aromatic carbocycles. The van der Waals surface area contributed by atoms with Crippen molar-refractivity contribution in [3.05, 3.63) is 24.4 Å². The number of carbonyl (C=O) groups is 1. The largest absolute Gasteiger partial charge is 0.356 e. The van der Waals surface area contributed by atoms with Gasteiger partial charge in [0.15, 0.2) is 0 Å². The van der Waals surface area contributed by atoms with Gasteiger partial charge in [-0.25, -0.2) is 4.98 Å². The lowest BCUT2D eigenvalue weighted by molar-refractivity contribution is -0.127. The van der Waals surface area contributed by atoms with Crippen molar-refractivity contribution >= 4 is 24.1 Å². The third-order valence-electron chi connectivity index (χ3n) is 3.97. The number of piperidine rings is 1. The topological polar surface area (TPSA) is 57.3 Å². The number of nitrogens with zero attached hydrogens (tertiary/aromatic N) is 2. The van der Waals surface area contributed by atoms with Crippen LogP contribution in [-0.4, -0.2) is 43.1 Å². The highest BCUT2D eigenvalue weighted by atomic mass is 35.5. The zero-order chi connectivity index (χ0) is 13.1. The van der Waals surface area contributed by atoms with E-state index < -0.39 is 0 Å². The maximum atomic E-state index is 11.9. The number of hydrogen-bond acceptors (Lipinski definition) is 4. The third-order valence-corrected chi connectivity index (χ3v) is 3.97. The monoisotopic (exact) mass is 296 g/mol. The molecule has 1 aromatic rings. The summed E-state index contributed by atoms with van der Waals surface area (Å²) < 4.78 is 0. The second kappa shape index (κ2) is 6.90. The van der Waals surface area contributed by atoms with Crippen LogP contribution in [0, 0.1) is 5.92 Å². The molecule has 2 aliphatic rings. The number of rotatable bonds is 3. The van der Waals surface area contributed by atoms with Crippen molar-refractivity contribution in [2.24, 2.45) is 5.92 Å². The quantitative estimate of drug-likeness (QED) is 0.867. The van der Waals surface area contributed by atoms with E-state index in [4.69, 9.17) is 0 Å². The maximum Gasteiger partial charge on any atom is 0.225 e. The molecule has 110 valence electrons. The Hall–Kier alpha value is -1.33. The summed E-state index contributed by atoms with van der Waals surface area (Å²) in [5, 5.41) is 6.30. The zero-order valence-corrected chi connectivity index (χ0v) is 12.2. The highest BCUT2D eigenvalue weighted by Gasteiger charge is 2.28. The molecule has 1 aromatic heterocycles. The standard InChI is InChI=1S/C14H20N4O.ClH/c19-14(11-9-15-10-11)17-12-4-7-18(8-5-12)13-3-1-2-6-16-13;/h1-3,6,11-12,15H,4-5,7-10H2,(H,17,19);1H. The summed E-state index contributed by atoms with van der Waals surface area (Å²) >= 11 is 0. The van der Waals surface area contributed by atoms with Crippen molar-refractivity contribution in [2.45, 2.75) is 18.9 Å².